The predicted octanol–water partition coefficient (Wildman–Crippen LogP) is 3.26. The number of nitrogens with two attached hydrogens (primary N) is 1. The molecule has 0 heterocycles. The summed E-state index contributed by atoms with van der Waals surface area (Å²) in [5.74, 6) is 0.527. The van der Waals surface area contributed by atoms with Gasteiger partial charge in [-0.25, -0.2) is 0 Å². The van der Waals surface area contributed by atoms with Crippen LogP contribution in [0.2, 0.25) is 0 Å². The van der Waals surface area contributed by atoms with E-state index in [9.17, 15) is 0 Å². The third kappa shape index (κ3) is 1.87. The molecule has 2 N–H and O–H groups in total. The van der Waals surface area contributed by atoms with Gasteiger partial charge in [0.25, 0.3) is 0 Å². The van der Waals surface area contributed by atoms with Crippen molar-refractivity contribution in [2.45, 2.75) is 19.3 Å². The zero-order valence-corrected chi connectivity index (χ0v) is 8.40. The molecule has 0 fully saturated rings. The molecule has 1 aromatic carbocycles. The Morgan fingerprint density at radius 2 is 1.93 bits per heavy atom. The monoisotopic (exact) mass is 185 g/mol. The van der Waals surface area contributed by atoms with E-state index in [1.165, 1.54) is 11.1 Å². The van der Waals surface area contributed by atoms with Gasteiger partial charge in [0.05, 0.1) is 0 Å². The quantitative estimate of drug-likeness (QED) is 0.668. The minimum Gasteiger partial charge on any atom is -0.399 e. The van der Waals surface area contributed by atoms with Crippen molar-refractivity contribution in [2.75, 3.05) is 5.73 Å². The number of benzene rings is 1. The van der Waals surface area contributed by atoms with Crippen molar-refractivity contribution in [3.8, 4) is 0 Å². The first-order valence-corrected chi connectivity index (χ1v) is 4.96. The van der Waals surface area contributed by atoms with E-state index in [1.54, 1.807) is 0 Å². The highest BCUT2D eigenvalue weighted by molar-refractivity contribution is 5.42. The lowest BCUT2D eigenvalue weighted by molar-refractivity contribution is 0.845. The molecule has 0 aliphatic heterocycles. The maximum Gasteiger partial charge on any atom is 0.0314 e. The highest BCUT2D eigenvalue weighted by Crippen LogP contribution is 2.26. The number of rotatable bonds is 1. The predicted molar refractivity (Wildman–Crippen MR) is 61.1 cm³/mol. The van der Waals surface area contributed by atoms with Gasteiger partial charge in [0, 0.05) is 11.6 Å². The van der Waals surface area contributed by atoms with Crippen molar-refractivity contribution < 1.29 is 0 Å². The van der Waals surface area contributed by atoms with Crippen LogP contribution >= 0.6 is 0 Å². The largest absolute Gasteiger partial charge is 0.399 e. The Kier molecular flexibility index (Phi) is 2.40. The van der Waals surface area contributed by atoms with Crippen LogP contribution in [0.1, 0.15) is 24.8 Å². The Labute approximate surface area is 84.9 Å². The lowest BCUT2D eigenvalue weighted by Gasteiger charge is -2.15. The Morgan fingerprint density at radius 3 is 2.50 bits per heavy atom. The van der Waals surface area contributed by atoms with Crippen molar-refractivity contribution in [3.05, 3.63) is 53.6 Å². The van der Waals surface area contributed by atoms with Crippen molar-refractivity contribution in [2.24, 2.45) is 0 Å². The third-order valence-electron chi connectivity index (χ3n) is 2.65. The van der Waals surface area contributed by atoms with Crippen molar-refractivity contribution in [1.82, 2.24) is 0 Å². The van der Waals surface area contributed by atoms with Gasteiger partial charge in [-0.15, -0.1) is 0 Å². The highest BCUT2D eigenvalue weighted by atomic mass is 14.5. The summed E-state index contributed by atoms with van der Waals surface area (Å²) in [5, 5.41) is 0. The minimum atomic E-state index is 0.527. The van der Waals surface area contributed by atoms with E-state index < -0.39 is 0 Å². The van der Waals surface area contributed by atoms with Gasteiger partial charge in [-0.2, -0.15) is 0 Å². The average molecular weight is 185 g/mol. The summed E-state index contributed by atoms with van der Waals surface area (Å²) >= 11 is 0. The molecule has 0 radical (unpaired) electrons. The topological polar surface area (TPSA) is 26.0 Å². The van der Waals surface area contributed by atoms with Crippen LogP contribution in [-0.2, 0) is 0 Å². The van der Waals surface area contributed by atoms with Crippen LogP contribution in [0.15, 0.2) is 48.1 Å². The molecule has 0 amide bonds. The van der Waals surface area contributed by atoms with E-state index >= 15 is 0 Å². The fourth-order valence-corrected chi connectivity index (χ4v) is 1.72. The molecule has 14 heavy (non-hydrogen) atoms. The Hall–Kier alpha value is -1.50. The summed E-state index contributed by atoms with van der Waals surface area (Å²) in [4.78, 5) is 0. The minimum absolute atomic E-state index is 0.527. The number of hydrogen-bond donors (Lipinski definition) is 1. The standard InChI is InChI=1S/C13H15N/c1-10-2-4-11(5-3-10)12-6-8-13(14)9-7-12/h2-4,6-9,11H,5,14H2,1H3. The van der Waals surface area contributed by atoms with Crippen LogP contribution in [0.4, 0.5) is 5.69 Å². The van der Waals surface area contributed by atoms with E-state index in [2.05, 4.69) is 37.3 Å². The molecule has 0 saturated carbocycles. The molecule has 1 unspecified atom stereocenters. The van der Waals surface area contributed by atoms with Crippen LogP contribution < -0.4 is 5.73 Å². The van der Waals surface area contributed by atoms with Gasteiger partial charge in [0.15, 0.2) is 0 Å². The first-order valence-electron chi connectivity index (χ1n) is 4.96. The number of anilines is 1. The second kappa shape index (κ2) is 3.70. The fourth-order valence-electron chi connectivity index (χ4n) is 1.72. The lowest BCUT2D eigenvalue weighted by Crippen LogP contribution is -1.98. The van der Waals surface area contributed by atoms with Gasteiger partial charge in [-0.05, 0) is 31.0 Å². The molecule has 1 aliphatic rings. The molecular formula is C13H15N. The lowest BCUT2D eigenvalue weighted by atomic mass is 9.90. The van der Waals surface area contributed by atoms with Crippen LogP contribution in [0.3, 0.4) is 0 Å². The molecule has 1 nitrogen and oxygen atoms in total. The van der Waals surface area contributed by atoms with Crippen LogP contribution in [-0.4, -0.2) is 0 Å². The summed E-state index contributed by atoms with van der Waals surface area (Å²) in [6.07, 6.45) is 7.83. The Bertz CT molecular complexity index is 371. The molecule has 1 aliphatic carbocycles. The zero-order valence-electron chi connectivity index (χ0n) is 8.40. The smallest absolute Gasteiger partial charge is 0.0314 e. The third-order valence-corrected chi connectivity index (χ3v) is 2.65. The van der Waals surface area contributed by atoms with E-state index in [1.807, 2.05) is 12.1 Å². The van der Waals surface area contributed by atoms with Crippen LogP contribution in [0, 0.1) is 0 Å². The second-order valence-electron chi connectivity index (χ2n) is 3.82. The van der Waals surface area contributed by atoms with Gasteiger partial charge < -0.3 is 5.73 Å². The van der Waals surface area contributed by atoms with Crippen molar-refractivity contribution in [1.29, 1.82) is 0 Å². The molecular weight excluding hydrogens is 170 g/mol. The Balaban J connectivity index is 2.18. The molecule has 72 valence electrons. The average Bonchev–Trinajstić information content (AvgIpc) is 2.21. The van der Waals surface area contributed by atoms with E-state index in [4.69, 9.17) is 5.73 Å². The summed E-state index contributed by atoms with van der Waals surface area (Å²) in [5.41, 5.74) is 9.19. The molecule has 0 bridgehead atoms. The molecule has 1 atom stereocenters. The summed E-state index contributed by atoms with van der Waals surface area (Å²) < 4.78 is 0. The van der Waals surface area contributed by atoms with Gasteiger partial charge in [-0.3, -0.25) is 0 Å². The van der Waals surface area contributed by atoms with E-state index in [0.717, 1.165) is 12.1 Å². The molecule has 0 saturated heterocycles. The van der Waals surface area contributed by atoms with E-state index in [0.29, 0.717) is 5.92 Å². The molecule has 1 aromatic rings. The van der Waals surface area contributed by atoms with Gasteiger partial charge >= 0.3 is 0 Å². The van der Waals surface area contributed by atoms with Gasteiger partial charge in [0.2, 0.25) is 0 Å². The fraction of sp³-hybridized carbons (Fsp3) is 0.231. The molecule has 0 spiro atoms. The summed E-state index contributed by atoms with van der Waals surface area (Å²) in [7, 11) is 0. The SMILES string of the molecule is CC1=CCC(c2ccc(N)cc2)C=C1. The second-order valence-corrected chi connectivity index (χ2v) is 3.82. The number of hydrogen-bond acceptors (Lipinski definition) is 1. The summed E-state index contributed by atoms with van der Waals surface area (Å²) in [6.45, 7) is 2.13. The first-order chi connectivity index (χ1) is 6.75. The molecule has 1 heteroatoms. The van der Waals surface area contributed by atoms with Crippen LogP contribution in [0.5, 0.6) is 0 Å². The molecule has 2 rings (SSSR count). The Morgan fingerprint density at radius 1 is 1.21 bits per heavy atom. The van der Waals surface area contributed by atoms with Crippen LogP contribution in [0.25, 0.3) is 0 Å². The maximum absolute atomic E-state index is 5.65. The summed E-state index contributed by atoms with van der Waals surface area (Å²) in [6, 6.07) is 8.15. The van der Waals surface area contributed by atoms with Crippen molar-refractivity contribution in [3.63, 3.8) is 0 Å². The number of allylic oxidation sites excluding steroid dienone is 4. The van der Waals surface area contributed by atoms with Gasteiger partial charge in [0.1, 0.15) is 0 Å². The normalized spacial score (nSPS) is 20.6. The van der Waals surface area contributed by atoms with Gasteiger partial charge in [-0.1, -0.05) is 35.9 Å². The number of nitrogen functional groups attached to an aromatic ring is 1. The highest BCUT2D eigenvalue weighted by Gasteiger charge is 2.08. The molecule has 0 aromatic heterocycles. The zero-order chi connectivity index (χ0) is 9.97. The maximum atomic E-state index is 5.65. The van der Waals surface area contributed by atoms with E-state index in [-0.39, 0.29) is 0 Å². The van der Waals surface area contributed by atoms with Crippen molar-refractivity contribution >= 4 is 5.69 Å². The first kappa shape index (κ1) is 9.07.